The smallest absolute Gasteiger partial charge is 0.0726 e. The molecule has 6 aromatic carbocycles. The second-order valence-electron chi connectivity index (χ2n) is 10.1. The molecule has 8 rings (SSSR count). The van der Waals surface area contributed by atoms with Gasteiger partial charge in [0.05, 0.1) is 5.41 Å². The zero-order valence-corrected chi connectivity index (χ0v) is 22.8. The van der Waals surface area contributed by atoms with Gasteiger partial charge in [0.15, 0.2) is 0 Å². The maximum Gasteiger partial charge on any atom is 0.0726 e. The third-order valence-electron chi connectivity index (χ3n) is 7.99. The Morgan fingerprint density at radius 1 is 0.308 bits per heavy atom. The first kappa shape index (κ1) is 23.0. The van der Waals surface area contributed by atoms with Crippen molar-refractivity contribution < 1.29 is 0 Å². The first-order valence-electron chi connectivity index (χ1n) is 13.3. The Hall–Kier alpha value is -3.98. The van der Waals surface area contributed by atoms with Crippen molar-refractivity contribution in [2.75, 3.05) is 0 Å². The molecule has 1 spiro atoms. The third-order valence-corrected chi connectivity index (χ3v) is 9.99. The van der Waals surface area contributed by atoms with Crippen LogP contribution in [0.3, 0.4) is 0 Å². The van der Waals surface area contributed by atoms with Gasteiger partial charge in [-0.15, -0.1) is 0 Å². The van der Waals surface area contributed by atoms with E-state index in [1.165, 1.54) is 64.1 Å². The van der Waals surface area contributed by atoms with E-state index < -0.39 is 0 Å². The summed E-state index contributed by atoms with van der Waals surface area (Å²) in [6.07, 6.45) is 0. The Morgan fingerprint density at radius 2 is 0.692 bits per heavy atom. The van der Waals surface area contributed by atoms with Crippen molar-refractivity contribution >= 4 is 23.5 Å². The number of rotatable bonds is 4. The molecule has 0 saturated carbocycles. The van der Waals surface area contributed by atoms with Crippen molar-refractivity contribution in [3.63, 3.8) is 0 Å². The molecular formula is C37H24S2. The second kappa shape index (κ2) is 9.05. The highest BCUT2D eigenvalue weighted by Gasteiger charge is 2.51. The molecular weight excluding hydrogens is 509 g/mol. The van der Waals surface area contributed by atoms with E-state index in [0.717, 1.165) is 0 Å². The topological polar surface area (TPSA) is 0 Å². The molecule has 0 bridgehead atoms. The SMILES string of the molecule is c1ccc(Sc2ccc3c(c2)C2(c4ccccc4-3)c3ccccc3-c3ccc(Sc4ccccc4)cc32)cc1. The van der Waals surface area contributed by atoms with E-state index in [0.29, 0.717) is 0 Å². The van der Waals surface area contributed by atoms with Crippen LogP contribution in [0.4, 0.5) is 0 Å². The lowest BCUT2D eigenvalue weighted by molar-refractivity contribution is 0.788. The molecule has 0 N–H and O–H groups in total. The van der Waals surface area contributed by atoms with E-state index in [-0.39, 0.29) is 5.41 Å². The normalized spacial score (nSPS) is 13.5. The molecule has 0 unspecified atom stereocenters. The van der Waals surface area contributed by atoms with Gasteiger partial charge in [-0.2, -0.15) is 0 Å². The zero-order valence-electron chi connectivity index (χ0n) is 21.2. The van der Waals surface area contributed by atoms with E-state index in [9.17, 15) is 0 Å². The number of benzene rings is 6. The standard InChI is InChI=1S/C37H24S2/c1-3-11-25(12-4-1)38-27-19-21-31-29-15-7-9-17-33(29)37(35(31)23-27)34-18-10-8-16-30(34)32-22-20-28(24-36(32)37)39-26-13-5-2-6-14-26/h1-24H. The minimum atomic E-state index is -0.335. The molecule has 0 aliphatic heterocycles. The molecule has 2 aliphatic rings. The molecule has 2 heteroatoms. The predicted octanol–water partition coefficient (Wildman–Crippen LogP) is 10.3. The van der Waals surface area contributed by atoms with Crippen LogP contribution < -0.4 is 0 Å². The van der Waals surface area contributed by atoms with Crippen LogP contribution in [0.5, 0.6) is 0 Å². The molecule has 0 nitrogen and oxygen atoms in total. The lowest BCUT2D eigenvalue weighted by Crippen LogP contribution is -2.26. The maximum atomic E-state index is 2.45. The van der Waals surface area contributed by atoms with E-state index in [4.69, 9.17) is 0 Å². The Labute approximate surface area is 237 Å². The van der Waals surface area contributed by atoms with Gasteiger partial charge in [-0.25, -0.2) is 0 Å². The van der Waals surface area contributed by atoms with Crippen molar-refractivity contribution in [2.24, 2.45) is 0 Å². The molecule has 0 atom stereocenters. The quantitative estimate of drug-likeness (QED) is 0.221. The molecule has 2 aliphatic carbocycles. The van der Waals surface area contributed by atoms with Crippen molar-refractivity contribution in [3.8, 4) is 22.3 Å². The van der Waals surface area contributed by atoms with E-state index in [1.807, 2.05) is 23.5 Å². The third kappa shape index (κ3) is 3.49. The molecule has 0 heterocycles. The van der Waals surface area contributed by atoms with E-state index in [2.05, 4.69) is 146 Å². The molecule has 39 heavy (non-hydrogen) atoms. The fraction of sp³-hybridized carbons (Fsp3) is 0.0270. The first-order valence-corrected chi connectivity index (χ1v) is 14.9. The molecule has 0 fully saturated rings. The van der Waals surface area contributed by atoms with Crippen LogP contribution in [0.2, 0.25) is 0 Å². The maximum absolute atomic E-state index is 2.45. The highest BCUT2D eigenvalue weighted by atomic mass is 32.2. The van der Waals surface area contributed by atoms with Crippen LogP contribution in [-0.4, -0.2) is 0 Å². The van der Waals surface area contributed by atoms with Gasteiger partial charge in [-0.05, 0) is 93.0 Å². The Kier molecular flexibility index (Phi) is 5.33. The van der Waals surface area contributed by atoms with Gasteiger partial charge in [0.2, 0.25) is 0 Å². The average molecular weight is 533 g/mol. The van der Waals surface area contributed by atoms with Crippen LogP contribution in [0.1, 0.15) is 22.3 Å². The van der Waals surface area contributed by atoms with Gasteiger partial charge in [-0.3, -0.25) is 0 Å². The summed E-state index contributed by atoms with van der Waals surface area (Å²) in [6.45, 7) is 0. The summed E-state index contributed by atoms with van der Waals surface area (Å²) in [7, 11) is 0. The zero-order chi connectivity index (χ0) is 25.8. The summed E-state index contributed by atoms with van der Waals surface area (Å²) < 4.78 is 0. The summed E-state index contributed by atoms with van der Waals surface area (Å²) in [6, 6.07) is 53.6. The van der Waals surface area contributed by atoms with E-state index in [1.54, 1.807) is 0 Å². The summed E-state index contributed by atoms with van der Waals surface area (Å²) in [4.78, 5) is 5.06. The monoisotopic (exact) mass is 532 g/mol. The molecule has 0 radical (unpaired) electrons. The van der Waals surface area contributed by atoms with Crippen LogP contribution in [0.25, 0.3) is 22.3 Å². The highest BCUT2D eigenvalue weighted by Crippen LogP contribution is 2.63. The number of fused-ring (bicyclic) bond motifs is 10. The van der Waals surface area contributed by atoms with E-state index >= 15 is 0 Å². The van der Waals surface area contributed by atoms with Crippen molar-refractivity contribution in [1.82, 2.24) is 0 Å². The fourth-order valence-electron chi connectivity index (χ4n) is 6.47. The van der Waals surface area contributed by atoms with Crippen LogP contribution in [0, 0.1) is 0 Å². The Balaban J connectivity index is 1.39. The molecule has 184 valence electrons. The predicted molar refractivity (Wildman–Crippen MR) is 164 cm³/mol. The number of hydrogen-bond donors (Lipinski definition) is 0. The highest BCUT2D eigenvalue weighted by molar-refractivity contribution is 7.99. The number of hydrogen-bond acceptors (Lipinski definition) is 2. The van der Waals surface area contributed by atoms with Gasteiger partial charge in [0, 0.05) is 19.6 Å². The largest absolute Gasteiger partial charge is 0.0901 e. The van der Waals surface area contributed by atoms with Crippen molar-refractivity contribution in [3.05, 3.63) is 168 Å². The summed E-state index contributed by atoms with van der Waals surface area (Å²) in [5.41, 5.74) is 10.6. The first-order chi connectivity index (χ1) is 19.3. The van der Waals surface area contributed by atoms with Crippen LogP contribution in [0.15, 0.2) is 165 Å². The Bertz CT molecular complexity index is 1720. The summed E-state index contributed by atoms with van der Waals surface area (Å²) >= 11 is 3.68. The lowest BCUT2D eigenvalue weighted by atomic mass is 9.70. The van der Waals surface area contributed by atoms with Gasteiger partial charge in [0.1, 0.15) is 0 Å². The van der Waals surface area contributed by atoms with Crippen molar-refractivity contribution in [1.29, 1.82) is 0 Å². The molecule has 0 amide bonds. The summed E-state index contributed by atoms with van der Waals surface area (Å²) in [5, 5.41) is 0. The van der Waals surface area contributed by atoms with Crippen LogP contribution in [-0.2, 0) is 5.41 Å². The minimum Gasteiger partial charge on any atom is -0.0901 e. The van der Waals surface area contributed by atoms with Gasteiger partial charge < -0.3 is 0 Å². The molecule has 6 aromatic rings. The van der Waals surface area contributed by atoms with Gasteiger partial charge in [-0.1, -0.05) is 121 Å². The molecule has 0 saturated heterocycles. The summed E-state index contributed by atoms with van der Waals surface area (Å²) in [5.74, 6) is 0. The molecule has 0 aromatic heterocycles. The van der Waals surface area contributed by atoms with Crippen molar-refractivity contribution in [2.45, 2.75) is 25.0 Å². The van der Waals surface area contributed by atoms with Gasteiger partial charge in [0.25, 0.3) is 0 Å². The van der Waals surface area contributed by atoms with Gasteiger partial charge >= 0.3 is 0 Å². The minimum absolute atomic E-state index is 0.335. The Morgan fingerprint density at radius 3 is 1.15 bits per heavy atom. The lowest BCUT2D eigenvalue weighted by Gasteiger charge is -2.31. The average Bonchev–Trinajstić information content (AvgIpc) is 3.45. The fourth-order valence-corrected chi connectivity index (χ4v) is 8.23. The van der Waals surface area contributed by atoms with Crippen LogP contribution >= 0.6 is 23.5 Å². The second-order valence-corrected chi connectivity index (χ2v) is 12.4.